The third kappa shape index (κ3) is 2.47. The first kappa shape index (κ1) is 14.0. The van der Waals surface area contributed by atoms with Gasteiger partial charge in [-0.3, -0.25) is 9.59 Å². The second-order valence-electron chi connectivity index (χ2n) is 4.36. The van der Waals surface area contributed by atoms with Crippen LogP contribution in [0.15, 0.2) is 18.2 Å². The number of ether oxygens (including phenoxy) is 1. The van der Waals surface area contributed by atoms with Crippen LogP contribution in [0.2, 0.25) is 0 Å². The molecule has 0 saturated carbocycles. The monoisotopic (exact) mass is 272 g/mol. The fourth-order valence-corrected chi connectivity index (χ4v) is 2.20. The van der Waals surface area contributed by atoms with Crippen LogP contribution in [0.5, 0.6) is 5.88 Å². The molecule has 0 spiro atoms. The number of nitrogens with one attached hydrogen (secondary N) is 1. The Labute approximate surface area is 117 Å². The zero-order valence-corrected chi connectivity index (χ0v) is 11.5. The summed E-state index contributed by atoms with van der Waals surface area (Å²) in [7, 11) is 1.54. The maximum atomic E-state index is 11.2. The summed E-state index contributed by atoms with van der Waals surface area (Å²) in [4.78, 5) is 29.6. The van der Waals surface area contributed by atoms with Gasteiger partial charge in [0.05, 0.1) is 24.2 Å². The fourth-order valence-electron chi connectivity index (χ4n) is 2.20. The zero-order chi connectivity index (χ0) is 14.5. The molecule has 0 aliphatic carbocycles. The van der Waals surface area contributed by atoms with Crippen LogP contribution in [0.1, 0.15) is 39.8 Å². The van der Waals surface area contributed by atoms with Crippen LogP contribution >= 0.6 is 0 Å². The smallest absolute Gasteiger partial charge is 0.213 e. The van der Waals surface area contributed by atoms with Crippen LogP contribution in [0.25, 0.3) is 11.4 Å². The summed E-state index contributed by atoms with van der Waals surface area (Å²) in [6.07, 6.45) is 2.95. The average molecular weight is 272 g/mol. The topological polar surface area (TPSA) is 72.0 Å². The van der Waals surface area contributed by atoms with Crippen molar-refractivity contribution in [3.8, 4) is 17.3 Å². The van der Waals surface area contributed by atoms with Gasteiger partial charge in [0.15, 0.2) is 12.6 Å². The van der Waals surface area contributed by atoms with Crippen LogP contribution in [-0.2, 0) is 6.42 Å². The molecule has 0 aromatic carbocycles. The summed E-state index contributed by atoms with van der Waals surface area (Å²) in [5, 5.41) is 0. The SMILES string of the molecule is CCCc1c(-c2cccc(OC)n2)[nH]c(C=O)c1C=O. The van der Waals surface area contributed by atoms with Crippen LogP contribution in [0.3, 0.4) is 0 Å². The van der Waals surface area contributed by atoms with E-state index in [1.165, 1.54) is 0 Å². The van der Waals surface area contributed by atoms with Gasteiger partial charge in [0, 0.05) is 11.6 Å². The van der Waals surface area contributed by atoms with Crippen LogP contribution in [0.4, 0.5) is 0 Å². The molecule has 0 bridgehead atoms. The molecule has 5 heteroatoms. The quantitative estimate of drug-likeness (QED) is 0.820. The molecule has 5 nitrogen and oxygen atoms in total. The van der Waals surface area contributed by atoms with E-state index in [1.54, 1.807) is 13.2 Å². The summed E-state index contributed by atoms with van der Waals surface area (Å²) < 4.78 is 5.10. The van der Waals surface area contributed by atoms with Crippen molar-refractivity contribution >= 4 is 12.6 Å². The fraction of sp³-hybridized carbons (Fsp3) is 0.267. The molecular formula is C15H16N2O3. The van der Waals surface area contributed by atoms with Gasteiger partial charge >= 0.3 is 0 Å². The Morgan fingerprint density at radius 1 is 1.30 bits per heavy atom. The normalized spacial score (nSPS) is 10.3. The van der Waals surface area contributed by atoms with Crippen molar-refractivity contribution in [1.29, 1.82) is 0 Å². The Kier molecular flexibility index (Phi) is 4.30. The number of rotatable bonds is 6. The Morgan fingerprint density at radius 2 is 2.10 bits per heavy atom. The first-order chi connectivity index (χ1) is 9.74. The van der Waals surface area contributed by atoms with Gasteiger partial charge in [0.25, 0.3) is 0 Å². The van der Waals surface area contributed by atoms with Crippen molar-refractivity contribution in [2.75, 3.05) is 7.11 Å². The molecule has 0 unspecified atom stereocenters. The lowest BCUT2D eigenvalue weighted by molar-refractivity contribution is 0.109. The highest BCUT2D eigenvalue weighted by molar-refractivity contribution is 5.93. The number of aromatic nitrogens is 2. The molecular weight excluding hydrogens is 256 g/mol. The maximum absolute atomic E-state index is 11.2. The van der Waals surface area contributed by atoms with Crippen LogP contribution in [-0.4, -0.2) is 29.7 Å². The highest BCUT2D eigenvalue weighted by Gasteiger charge is 2.18. The van der Waals surface area contributed by atoms with Gasteiger partial charge in [-0.2, -0.15) is 0 Å². The van der Waals surface area contributed by atoms with Crippen molar-refractivity contribution in [3.63, 3.8) is 0 Å². The van der Waals surface area contributed by atoms with Crippen molar-refractivity contribution in [1.82, 2.24) is 9.97 Å². The highest BCUT2D eigenvalue weighted by Crippen LogP contribution is 2.28. The van der Waals surface area contributed by atoms with Gasteiger partial charge in [-0.25, -0.2) is 4.98 Å². The van der Waals surface area contributed by atoms with E-state index < -0.39 is 0 Å². The second-order valence-corrected chi connectivity index (χ2v) is 4.36. The van der Waals surface area contributed by atoms with Gasteiger partial charge in [-0.15, -0.1) is 0 Å². The lowest BCUT2D eigenvalue weighted by Gasteiger charge is -2.05. The Morgan fingerprint density at radius 3 is 2.70 bits per heavy atom. The molecule has 0 atom stereocenters. The molecule has 0 amide bonds. The van der Waals surface area contributed by atoms with Gasteiger partial charge < -0.3 is 9.72 Å². The Hall–Kier alpha value is -2.43. The Balaban J connectivity index is 2.62. The number of methoxy groups -OCH3 is 1. The molecule has 0 saturated heterocycles. The van der Waals surface area contributed by atoms with E-state index in [4.69, 9.17) is 4.74 Å². The number of aldehydes is 2. The van der Waals surface area contributed by atoms with Crippen molar-refractivity contribution in [2.45, 2.75) is 19.8 Å². The minimum absolute atomic E-state index is 0.295. The van der Waals surface area contributed by atoms with Crippen molar-refractivity contribution in [3.05, 3.63) is 35.0 Å². The number of nitrogens with zero attached hydrogens (tertiary/aromatic N) is 1. The van der Waals surface area contributed by atoms with E-state index in [0.717, 1.165) is 18.3 Å². The van der Waals surface area contributed by atoms with Gasteiger partial charge in [0.1, 0.15) is 0 Å². The number of pyridine rings is 1. The first-order valence-corrected chi connectivity index (χ1v) is 6.41. The molecule has 2 aromatic rings. The zero-order valence-electron chi connectivity index (χ0n) is 11.5. The number of carbonyl (C=O) groups excluding carboxylic acids is 2. The first-order valence-electron chi connectivity index (χ1n) is 6.41. The lowest BCUT2D eigenvalue weighted by Crippen LogP contribution is -1.94. The summed E-state index contributed by atoms with van der Waals surface area (Å²) in [6.45, 7) is 2.02. The van der Waals surface area contributed by atoms with Gasteiger partial charge in [-0.05, 0) is 18.1 Å². The number of hydrogen-bond acceptors (Lipinski definition) is 4. The largest absolute Gasteiger partial charge is 0.481 e. The van der Waals surface area contributed by atoms with E-state index in [-0.39, 0.29) is 0 Å². The molecule has 0 aliphatic rings. The number of hydrogen-bond donors (Lipinski definition) is 1. The maximum Gasteiger partial charge on any atom is 0.213 e. The van der Waals surface area contributed by atoms with Gasteiger partial charge in [0.2, 0.25) is 5.88 Å². The summed E-state index contributed by atoms with van der Waals surface area (Å²) in [6, 6.07) is 5.38. The van der Waals surface area contributed by atoms with Crippen LogP contribution in [0, 0.1) is 0 Å². The molecule has 2 heterocycles. The van der Waals surface area contributed by atoms with Gasteiger partial charge in [-0.1, -0.05) is 19.4 Å². The molecule has 2 aromatic heterocycles. The van der Waals surface area contributed by atoms with E-state index >= 15 is 0 Å². The molecule has 0 aliphatic heterocycles. The Bertz CT molecular complexity index is 632. The van der Waals surface area contributed by atoms with E-state index in [1.807, 2.05) is 19.1 Å². The second kappa shape index (κ2) is 6.14. The summed E-state index contributed by atoms with van der Waals surface area (Å²) >= 11 is 0. The predicted octanol–water partition coefficient (Wildman–Crippen LogP) is 2.66. The molecule has 0 radical (unpaired) electrons. The van der Waals surface area contributed by atoms with Crippen molar-refractivity contribution < 1.29 is 14.3 Å². The number of H-pyrrole nitrogens is 1. The minimum atomic E-state index is 0.295. The van der Waals surface area contributed by atoms with Crippen molar-refractivity contribution in [2.24, 2.45) is 0 Å². The average Bonchev–Trinajstić information content (AvgIpc) is 2.85. The third-order valence-electron chi connectivity index (χ3n) is 3.10. The van der Waals surface area contributed by atoms with E-state index in [0.29, 0.717) is 41.2 Å². The van der Waals surface area contributed by atoms with E-state index in [2.05, 4.69) is 9.97 Å². The summed E-state index contributed by atoms with van der Waals surface area (Å²) in [5.41, 5.74) is 2.90. The highest BCUT2D eigenvalue weighted by atomic mass is 16.5. The van der Waals surface area contributed by atoms with E-state index in [9.17, 15) is 9.59 Å². The predicted molar refractivity (Wildman–Crippen MR) is 75.3 cm³/mol. The molecule has 1 N–H and O–H groups in total. The molecule has 104 valence electrons. The number of aromatic amines is 1. The summed E-state index contributed by atoms with van der Waals surface area (Å²) in [5.74, 6) is 0.486. The van der Waals surface area contributed by atoms with Crippen LogP contribution < -0.4 is 4.74 Å². The molecule has 2 rings (SSSR count). The molecule has 0 fully saturated rings. The third-order valence-corrected chi connectivity index (χ3v) is 3.10. The standard InChI is InChI=1S/C15H16N2O3/c1-3-5-10-11(8-18)13(9-19)17-15(10)12-6-4-7-14(16-12)20-2/h4,6-9,17H,3,5H2,1-2H3. The minimum Gasteiger partial charge on any atom is -0.481 e. The molecule has 20 heavy (non-hydrogen) atoms. The lowest BCUT2D eigenvalue weighted by atomic mass is 10.0. The number of carbonyl (C=O) groups is 2.